The first-order valence-corrected chi connectivity index (χ1v) is 4.42. The fourth-order valence-electron chi connectivity index (χ4n) is 1.68. The number of carbonyl (C=O) groups is 1. The second kappa shape index (κ2) is 3.02. The van der Waals surface area contributed by atoms with Crippen LogP contribution >= 0.6 is 0 Å². The molecule has 3 N–H and O–H groups in total. The number of hydrogen-bond donors (Lipinski definition) is 2. The lowest BCUT2D eigenvalue weighted by molar-refractivity contribution is -0.139. The number of nitrogens with zero attached hydrogens (tertiary/aromatic N) is 2. The van der Waals surface area contributed by atoms with E-state index >= 15 is 0 Å². The Morgan fingerprint density at radius 3 is 2.79 bits per heavy atom. The molecule has 1 fully saturated rings. The van der Waals surface area contributed by atoms with Crippen LogP contribution in [0.3, 0.4) is 0 Å². The molecule has 1 atom stereocenters. The van der Waals surface area contributed by atoms with Crippen LogP contribution < -0.4 is 5.73 Å². The van der Waals surface area contributed by atoms with Crippen LogP contribution in [0.1, 0.15) is 18.5 Å². The van der Waals surface area contributed by atoms with Gasteiger partial charge in [-0.25, -0.2) is 9.97 Å². The molecule has 5 heteroatoms. The first kappa shape index (κ1) is 9.08. The summed E-state index contributed by atoms with van der Waals surface area (Å²) in [5.74, 6) is -0.971. The first-order valence-electron chi connectivity index (χ1n) is 4.42. The second-order valence-corrected chi connectivity index (χ2v) is 3.57. The number of carboxylic acids is 1. The van der Waals surface area contributed by atoms with Gasteiger partial charge in [0.15, 0.2) is 0 Å². The maximum Gasteiger partial charge on any atom is 0.321 e. The Labute approximate surface area is 81.0 Å². The molecule has 1 aromatic heterocycles. The highest BCUT2D eigenvalue weighted by molar-refractivity contribution is 5.76. The monoisotopic (exact) mass is 193 g/mol. The summed E-state index contributed by atoms with van der Waals surface area (Å²) in [5, 5.41) is 8.85. The van der Waals surface area contributed by atoms with Crippen LogP contribution in [-0.4, -0.2) is 27.1 Å². The van der Waals surface area contributed by atoms with E-state index in [1.54, 1.807) is 12.3 Å². The number of aromatic nitrogens is 2. The Morgan fingerprint density at radius 2 is 2.36 bits per heavy atom. The molecule has 0 spiro atoms. The topological polar surface area (TPSA) is 89.1 Å². The Bertz CT molecular complexity index is 348. The molecule has 1 aliphatic carbocycles. The van der Waals surface area contributed by atoms with Crippen molar-refractivity contribution in [3.63, 3.8) is 0 Å². The van der Waals surface area contributed by atoms with Crippen molar-refractivity contribution in [2.45, 2.75) is 24.3 Å². The Balaban J connectivity index is 2.30. The molecule has 74 valence electrons. The SMILES string of the molecule is NC(C(=O)O)C1(c2ccncn2)CC1. The fourth-order valence-corrected chi connectivity index (χ4v) is 1.68. The van der Waals surface area contributed by atoms with Gasteiger partial charge in [-0.3, -0.25) is 4.79 Å². The van der Waals surface area contributed by atoms with Crippen LogP contribution in [0.5, 0.6) is 0 Å². The minimum absolute atomic E-state index is 0.450. The number of carboxylic acid groups (broad SMARTS) is 1. The van der Waals surface area contributed by atoms with Crippen molar-refractivity contribution in [3.8, 4) is 0 Å². The van der Waals surface area contributed by atoms with E-state index in [-0.39, 0.29) is 0 Å². The molecule has 2 rings (SSSR count). The van der Waals surface area contributed by atoms with E-state index in [4.69, 9.17) is 10.8 Å². The van der Waals surface area contributed by atoms with Crippen LogP contribution in [0.2, 0.25) is 0 Å². The van der Waals surface area contributed by atoms with Crippen molar-refractivity contribution in [1.29, 1.82) is 0 Å². The average molecular weight is 193 g/mol. The molecule has 0 amide bonds. The molecule has 0 saturated heterocycles. The molecule has 1 aromatic rings. The zero-order valence-electron chi connectivity index (χ0n) is 7.55. The van der Waals surface area contributed by atoms with Crippen LogP contribution in [0.15, 0.2) is 18.6 Å². The van der Waals surface area contributed by atoms with Crippen molar-refractivity contribution in [2.75, 3.05) is 0 Å². The largest absolute Gasteiger partial charge is 0.480 e. The third-order valence-electron chi connectivity index (χ3n) is 2.74. The minimum atomic E-state index is -0.971. The van der Waals surface area contributed by atoms with Crippen LogP contribution in [0.25, 0.3) is 0 Å². The van der Waals surface area contributed by atoms with Crippen molar-refractivity contribution in [1.82, 2.24) is 9.97 Å². The highest BCUT2D eigenvalue weighted by atomic mass is 16.4. The predicted octanol–water partition coefficient (Wildman–Crippen LogP) is -0.0799. The van der Waals surface area contributed by atoms with E-state index in [1.165, 1.54) is 6.33 Å². The Morgan fingerprint density at radius 1 is 1.64 bits per heavy atom. The summed E-state index contributed by atoms with van der Waals surface area (Å²) in [4.78, 5) is 18.6. The summed E-state index contributed by atoms with van der Waals surface area (Å²) in [5.41, 5.74) is 5.92. The van der Waals surface area contributed by atoms with Crippen LogP contribution in [0.4, 0.5) is 0 Å². The highest BCUT2D eigenvalue weighted by Crippen LogP contribution is 2.49. The van der Waals surface area contributed by atoms with E-state index in [9.17, 15) is 4.79 Å². The van der Waals surface area contributed by atoms with Gasteiger partial charge >= 0.3 is 5.97 Å². The molecule has 1 unspecified atom stereocenters. The van der Waals surface area contributed by atoms with E-state index < -0.39 is 17.4 Å². The Kier molecular flexibility index (Phi) is 1.96. The predicted molar refractivity (Wildman–Crippen MR) is 48.6 cm³/mol. The smallest absolute Gasteiger partial charge is 0.321 e. The number of hydrogen-bond acceptors (Lipinski definition) is 4. The zero-order valence-corrected chi connectivity index (χ0v) is 7.55. The summed E-state index contributed by atoms with van der Waals surface area (Å²) in [7, 11) is 0. The summed E-state index contributed by atoms with van der Waals surface area (Å²) in [6.07, 6.45) is 4.61. The summed E-state index contributed by atoms with van der Waals surface area (Å²) in [6.45, 7) is 0. The van der Waals surface area contributed by atoms with Gasteiger partial charge in [0.25, 0.3) is 0 Å². The van der Waals surface area contributed by atoms with Gasteiger partial charge in [0.05, 0.1) is 5.69 Å². The quantitative estimate of drug-likeness (QED) is 0.700. The van der Waals surface area contributed by atoms with Gasteiger partial charge in [-0.1, -0.05) is 0 Å². The summed E-state index contributed by atoms with van der Waals surface area (Å²) in [6, 6.07) is 0.868. The van der Waals surface area contributed by atoms with Crippen LogP contribution in [-0.2, 0) is 10.2 Å². The van der Waals surface area contributed by atoms with Crippen molar-refractivity contribution in [3.05, 3.63) is 24.3 Å². The van der Waals surface area contributed by atoms with E-state index in [0.717, 1.165) is 18.5 Å². The maximum atomic E-state index is 10.8. The van der Waals surface area contributed by atoms with Gasteiger partial charge in [0.1, 0.15) is 12.4 Å². The van der Waals surface area contributed by atoms with E-state index in [0.29, 0.717) is 0 Å². The maximum absolute atomic E-state index is 10.8. The van der Waals surface area contributed by atoms with Gasteiger partial charge in [-0.15, -0.1) is 0 Å². The Hall–Kier alpha value is -1.49. The van der Waals surface area contributed by atoms with Crippen LogP contribution in [0, 0.1) is 0 Å². The average Bonchev–Trinajstić information content (AvgIpc) is 2.99. The van der Waals surface area contributed by atoms with Gasteiger partial charge in [-0.2, -0.15) is 0 Å². The highest BCUT2D eigenvalue weighted by Gasteiger charge is 2.53. The summed E-state index contributed by atoms with van der Waals surface area (Å²) < 4.78 is 0. The molecule has 1 aliphatic rings. The third-order valence-corrected chi connectivity index (χ3v) is 2.74. The molecule has 14 heavy (non-hydrogen) atoms. The normalized spacial score (nSPS) is 20.1. The van der Waals surface area contributed by atoms with Crippen molar-refractivity contribution < 1.29 is 9.90 Å². The number of aliphatic carboxylic acids is 1. The molecule has 0 radical (unpaired) electrons. The van der Waals surface area contributed by atoms with E-state index in [2.05, 4.69) is 9.97 Å². The molecular formula is C9H11N3O2. The lowest BCUT2D eigenvalue weighted by Crippen LogP contribution is -2.42. The fraction of sp³-hybridized carbons (Fsp3) is 0.444. The summed E-state index contributed by atoms with van der Waals surface area (Å²) >= 11 is 0. The minimum Gasteiger partial charge on any atom is -0.480 e. The van der Waals surface area contributed by atoms with E-state index in [1.807, 2.05) is 0 Å². The van der Waals surface area contributed by atoms with Gasteiger partial charge in [0, 0.05) is 11.6 Å². The standard InChI is InChI=1S/C9H11N3O2/c10-7(8(13)14)9(2-3-9)6-1-4-11-5-12-6/h1,4-5,7H,2-3,10H2,(H,13,14). The second-order valence-electron chi connectivity index (χ2n) is 3.57. The molecule has 0 bridgehead atoms. The molecule has 0 aromatic carbocycles. The molecule has 1 heterocycles. The lowest BCUT2D eigenvalue weighted by atomic mass is 9.93. The third kappa shape index (κ3) is 1.26. The van der Waals surface area contributed by atoms with Gasteiger partial charge in [0.2, 0.25) is 0 Å². The molecule has 1 saturated carbocycles. The van der Waals surface area contributed by atoms with Crippen molar-refractivity contribution in [2.24, 2.45) is 5.73 Å². The number of rotatable bonds is 3. The zero-order chi connectivity index (χ0) is 10.2. The lowest BCUT2D eigenvalue weighted by Gasteiger charge is -2.18. The molecule has 5 nitrogen and oxygen atoms in total. The van der Waals surface area contributed by atoms with Gasteiger partial charge in [-0.05, 0) is 18.9 Å². The first-order chi connectivity index (χ1) is 6.67. The molecular weight excluding hydrogens is 182 g/mol. The number of nitrogens with two attached hydrogens (primary N) is 1. The van der Waals surface area contributed by atoms with Gasteiger partial charge < -0.3 is 10.8 Å². The van der Waals surface area contributed by atoms with Crippen molar-refractivity contribution >= 4 is 5.97 Å². The molecule has 0 aliphatic heterocycles.